The molecule has 2 aromatic carbocycles. The third-order valence-electron chi connectivity index (χ3n) is 5.33. The van der Waals surface area contributed by atoms with Crippen molar-refractivity contribution in [2.24, 2.45) is 0 Å². The maximum Gasteiger partial charge on any atom is 0.280 e. The van der Waals surface area contributed by atoms with E-state index in [-0.39, 0.29) is 22.6 Å². The third kappa shape index (κ3) is 3.81. The molecule has 0 unspecified atom stereocenters. The number of aromatic nitrogens is 4. The SMILES string of the molecule is COCc1nn2c(ncc3c(=O)n(NC(=O)c4ccc(Cl)cc4Cl)ccc32)c1-c1ccccc1. The van der Waals surface area contributed by atoms with Gasteiger partial charge >= 0.3 is 0 Å². The number of amides is 1. The molecule has 0 aliphatic carbocycles. The van der Waals surface area contributed by atoms with Crippen molar-refractivity contribution in [1.82, 2.24) is 19.3 Å². The fourth-order valence-electron chi connectivity index (χ4n) is 3.78. The summed E-state index contributed by atoms with van der Waals surface area (Å²) in [6.07, 6.45) is 2.95. The summed E-state index contributed by atoms with van der Waals surface area (Å²) < 4.78 is 8.05. The fraction of sp³-hybridized carbons (Fsp3) is 0.0833. The fourth-order valence-corrected chi connectivity index (χ4v) is 4.28. The summed E-state index contributed by atoms with van der Waals surface area (Å²) in [4.78, 5) is 30.4. The van der Waals surface area contributed by atoms with Crippen LogP contribution in [0.5, 0.6) is 0 Å². The van der Waals surface area contributed by atoms with Crippen molar-refractivity contribution >= 4 is 45.7 Å². The normalized spacial score (nSPS) is 11.3. The Kier molecular flexibility index (Phi) is 5.79. The van der Waals surface area contributed by atoms with E-state index in [1.54, 1.807) is 23.8 Å². The van der Waals surface area contributed by atoms with Gasteiger partial charge in [0, 0.05) is 24.5 Å². The van der Waals surface area contributed by atoms with Crippen LogP contribution in [0.2, 0.25) is 10.0 Å². The zero-order chi connectivity index (χ0) is 23.8. The molecule has 0 bridgehead atoms. The summed E-state index contributed by atoms with van der Waals surface area (Å²) >= 11 is 12.0. The standard InChI is InChI=1S/C24H17Cl2N5O3/c1-34-13-19-21(14-5-3-2-4-6-14)22-27-12-17-20(31(22)28-19)9-10-30(24(17)33)29-23(32)16-8-7-15(25)11-18(16)26/h2-12H,13H2,1H3,(H,29,32). The lowest BCUT2D eigenvalue weighted by atomic mass is 10.1. The number of benzene rings is 2. The second kappa shape index (κ2) is 8.90. The molecule has 0 fully saturated rings. The Morgan fingerprint density at radius 1 is 1.12 bits per heavy atom. The molecule has 1 N–H and O–H groups in total. The van der Waals surface area contributed by atoms with Crippen LogP contribution in [-0.4, -0.2) is 32.3 Å². The lowest BCUT2D eigenvalue weighted by Gasteiger charge is -2.11. The van der Waals surface area contributed by atoms with E-state index in [1.165, 1.54) is 24.5 Å². The number of nitrogens with one attached hydrogen (secondary N) is 1. The number of methoxy groups -OCH3 is 1. The zero-order valence-electron chi connectivity index (χ0n) is 17.8. The second-order valence-corrected chi connectivity index (χ2v) is 8.31. The molecule has 0 aliphatic rings. The maximum absolute atomic E-state index is 13.2. The number of hydrogen-bond donors (Lipinski definition) is 1. The van der Waals surface area contributed by atoms with Gasteiger partial charge in [-0.15, -0.1) is 0 Å². The van der Waals surface area contributed by atoms with Gasteiger partial charge in [-0.3, -0.25) is 15.0 Å². The predicted molar refractivity (Wildman–Crippen MR) is 131 cm³/mol. The van der Waals surface area contributed by atoms with Crippen LogP contribution in [0.25, 0.3) is 27.7 Å². The number of hydrogen-bond acceptors (Lipinski definition) is 5. The molecule has 0 saturated carbocycles. The number of pyridine rings is 1. The highest BCUT2D eigenvalue weighted by Crippen LogP contribution is 2.29. The van der Waals surface area contributed by atoms with Crippen LogP contribution in [-0.2, 0) is 11.3 Å². The predicted octanol–water partition coefficient (Wildman–Crippen LogP) is 4.55. The molecular formula is C24H17Cl2N5O3. The number of nitrogens with zero attached hydrogens (tertiary/aromatic N) is 4. The van der Waals surface area contributed by atoms with E-state index in [2.05, 4.69) is 15.5 Å². The van der Waals surface area contributed by atoms with E-state index in [4.69, 9.17) is 27.9 Å². The number of halogens is 2. The highest BCUT2D eigenvalue weighted by molar-refractivity contribution is 6.37. The highest BCUT2D eigenvalue weighted by atomic mass is 35.5. The first-order valence-corrected chi connectivity index (χ1v) is 11.0. The number of fused-ring (bicyclic) bond motifs is 3. The first-order chi connectivity index (χ1) is 16.5. The Hall–Kier alpha value is -3.72. The Labute approximate surface area is 203 Å². The summed E-state index contributed by atoms with van der Waals surface area (Å²) in [7, 11) is 1.60. The van der Waals surface area contributed by atoms with E-state index < -0.39 is 11.5 Å². The van der Waals surface area contributed by atoms with E-state index >= 15 is 0 Å². The molecule has 0 atom stereocenters. The maximum atomic E-state index is 13.2. The van der Waals surface area contributed by atoms with Crippen molar-refractivity contribution in [2.75, 3.05) is 12.5 Å². The molecule has 5 aromatic rings. The Balaban J connectivity index is 1.61. The summed E-state index contributed by atoms with van der Waals surface area (Å²) in [5.41, 5.74) is 5.89. The molecule has 0 aliphatic heterocycles. The largest absolute Gasteiger partial charge is 0.378 e. The minimum absolute atomic E-state index is 0.179. The lowest BCUT2D eigenvalue weighted by Crippen LogP contribution is -2.33. The number of rotatable bonds is 5. The number of ether oxygens (including phenoxy) is 1. The van der Waals surface area contributed by atoms with E-state index in [1.807, 2.05) is 30.3 Å². The monoisotopic (exact) mass is 493 g/mol. The minimum atomic E-state index is -0.551. The lowest BCUT2D eigenvalue weighted by molar-refractivity contribution is 0.101. The molecule has 34 heavy (non-hydrogen) atoms. The van der Waals surface area contributed by atoms with Crippen molar-refractivity contribution in [3.63, 3.8) is 0 Å². The van der Waals surface area contributed by atoms with E-state index in [0.29, 0.717) is 21.9 Å². The van der Waals surface area contributed by atoms with Crippen LogP contribution in [0.4, 0.5) is 0 Å². The average molecular weight is 494 g/mol. The van der Waals surface area contributed by atoms with Gasteiger partial charge in [-0.2, -0.15) is 5.10 Å². The Bertz CT molecular complexity index is 1610. The molecular weight excluding hydrogens is 477 g/mol. The van der Waals surface area contributed by atoms with Crippen LogP contribution in [0.1, 0.15) is 16.1 Å². The molecule has 170 valence electrons. The van der Waals surface area contributed by atoms with Crippen molar-refractivity contribution < 1.29 is 9.53 Å². The highest BCUT2D eigenvalue weighted by Gasteiger charge is 2.19. The van der Waals surface area contributed by atoms with Gasteiger partial charge < -0.3 is 4.74 Å². The van der Waals surface area contributed by atoms with Crippen molar-refractivity contribution in [3.8, 4) is 11.1 Å². The van der Waals surface area contributed by atoms with Crippen LogP contribution < -0.4 is 11.0 Å². The van der Waals surface area contributed by atoms with Gasteiger partial charge in [0.05, 0.1) is 39.4 Å². The minimum Gasteiger partial charge on any atom is -0.378 e. The zero-order valence-corrected chi connectivity index (χ0v) is 19.3. The number of carbonyl (C=O) groups excluding carboxylic acids is 1. The van der Waals surface area contributed by atoms with E-state index in [9.17, 15) is 9.59 Å². The van der Waals surface area contributed by atoms with Gasteiger partial charge in [0.15, 0.2) is 5.65 Å². The van der Waals surface area contributed by atoms with Crippen LogP contribution in [0.3, 0.4) is 0 Å². The molecule has 0 spiro atoms. The molecule has 0 saturated heterocycles. The topological polar surface area (TPSA) is 90.5 Å². The smallest absolute Gasteiger partial charge is 0.280 e. The van der Waals surface area contributed by atoms with Crippen LogP contribution >= 0.6 is 23.2 Å². The van der Waals surface area contributed by atoms with Gasteiger partial charge in [0.2, 0.25) is 0 Å². The molecule has 3 heterocycles. The molecule has 8 nitrogen and oxygen atoms in total. The van der Waals surface area contributed by atoms with Gasteiger partial charge in [0.1, 0.15) is 0 Å². The summed E-state index contributed by atoms with van der Waals surface area (Å²) in [6.45, 7) is 0.282. The van der Waals surface area contributed by atoms with Gasteiger partial charge in [0.25, 0.3) is 11.5 Å². The number of carbonyl (C=O) groups is 1. The van der Waals surface area contributed by atoms with Gasteiger partial charge in [-0.05, 0) is 29.8 Å². The first kappa shape index (κ1) is 22.1. The third-order valence-corrected chi connectivity index (χ3v) is 5.87. The van der Waals surface area contributed by atoms with Crippen molar-refractivity contribution in [2.45, 2.75) is 6.61 Å². The Morgan fingerprint density at radius 2 is 1.91 bits per heavy atom. The molecule has 3 aromatic heterocycles. The molecule has 5 rings (SSSR count). The van der Waals surface area contributed by atoms with Gasteiger partial charge in [-0.25, -0.2) is 14.2 Å². The summed E-state index contributed by atoms with van der Waals surface area (Å²) in [5.74, 6) is -0.551. The molecule has 1 amide bonds. The van der Waals surface area contributed by atoms with Crippen LogP contribution in [0, 0.1) is 0 Å². The van der Waals surface area contributed by atoms with Gasteiger partial charge in [-0.1, -0.05) is 53.5 Å². The first-order valence-electron chi connectivity index (χ1n) is 10.2. The Morgan fingerprint density at radius 3 is 2.65 bits per heavy atom. The van der Waals surface area contributed by atoms with Crippen molar-refractivity contribution in [3.05, 3.63) is 98.6 Å². The van der Waals surface area contributed by atoms with Crippen molar-refractivity contribution in [1.29, 1.82) is 0 Å². The average Bonchev–Trinajstić information content (AvgIpc) is 3.20. The molecule has 10 heteroatoms. The summed E-state index contributed by atoms with van der Waals surface area (Å²) in [6, 6.07) is 15.9. The molecule has 0 radical (unpaired) electrons. The second-order valence-electron chi connectivity index (χ2n) is 7.47. The quantitative estimate of drug-likeness (QED) is 0.387. The van der Waals surface area contributed by atoms with Crippen LogP contribution in [0.15, 0.2) is 71.8 Å². The summed E-state index contributed by atoms with van der Waals surface area (Å²) in [5, 5.41) is 5.53. The van der Waals surface area contributed by atoms with E-state index in [0.717, 1.165) is 15.8 Å².